The number of nitrogens with zero attached hydrogens (tertiary/aromatic N) is 3. The van der Waals surface area contributed by atoms with Gasteiger partial charge in [-0.1, -0.05) is 0 Å². The molecule has 1 aromatic heterocycles. The number of carbonyl (C=O) groups is 2. The van der Waals surface area contributed by atoms with Crippen LogP contribution in [0.4, 0.5) is 8.78 Å². The van der Waals surface area contributed by atoms with Gasteiger partial charge in [-0.2, -0.15) is 0 Å². The number of hydrogen-bond donors (Lipinski definition) is 0. The molecule has 7 heteroatoms. The number of pyridine rings is 1. The van der Waals surface area contributed by atoms with Crippen molar-refractivity contribution in [3.63, 3.8) is 0 Å². The monoisotopic (exact) mass is 323 g/mol. The molecule has 2 fully saturated rings. The lowest BCUT2D eigenvalue weighted by Crippen LogP contribution is -2.57. The average Bonchev–Trinajstić information content (AvgIpc) is 2.81. The topological polar surface area (TPSA) is 53.5 Å². The SMILES string of the molecule is CCN1CC[C@@]2(CN(C(=O)c3ccncc3)CC(F)(F)C2)C1=O. The molecule has 1 atom stereocenters. The van der Waals surface area contributed by atoms with Crippen molar-refractivity contribution in [2.24, 2.45) is 5.41 Å². The molecule has 1 spiro atoms. The lowest BCUT2D eigenvalue weighted by molar-refractivity contribution is -0.151. The first-order valence-corrected chi connectivity index (χ1v) is 7.73. The van der Waals surface area contributed by atoms with E-state index in [2.05, 4.69) is 4.98 Å². The molecule has 3 heterocycles. The van der Waals surface area contributed by atoms with Crippen molar-refractivity contribution in [2.45, 2.75) is 25.7 Å². The first-order valence-electron chi connectivity index (χ1n) is 7.73. The zero-order chi connectivity index (χ0) is 16.7. The largest absolute Gasteiger partial charge is 0.342 e. The summed E-state index contributed by atoms with van der Waals surface area (Å²) >= 11 is 0. The summed E-state index contributed by atoms with van der Waals surface area (Å²) in [6.07, 6.45) is 2.79. The Balaban J connectivity index is 1.88. The minimum absolute atomic E-state index is 0.0546. The van der Waals surface area contributed by atoms with E-state index < -0.39 is 30.2 Å². The number of rotatable bonds is 2. The van der Waals surface area contributed by atoms with E-state index in [9.17, 15) is 18.4 Å². The molecular formula is C16H19F2N3O2. The minimum Gasteiger partial charge on any atom is -0.342 e. The van der Waals surface area contributed by atoms with Crippen LogP contribution in [0.1, 0.15) is 30.1 Å². The highest BCUT2D eigenvalue weighted by Crippen LogP contribution is 2.45. The van der Waals surface area contributed by atoms with E-state index in [1.807, 2.05) is 6.92 Å². The van der Waals surface area contributed by atoms with Crippen LogP contribution in [0.3, 0.4) is 0 Å². The Labute approximate surface area is 133 Å². The third kappa shape index (κ3) is 2.80. The van der Waals surface area contributed by atoms with Gasteiger partial charge in [-0.15, -0.1) is 0 Å². The van der Waals surface area contributed by atoms with Gasteiger partial charge in [0.15, 0.2) is 0 Å². The van der Waals surface area contributed by atoms with Gasteiger partial charge >= 0.3 is 0 Å². The standard InChI is InChI=1S/C16H19F2N3O2/c1-2-20-8-5-15(14(20)23)9-16(17,18)11-21(10-15)13(22)12-3-6-19-7-4-12/h3-4,6-7H,2,5,8-11H2,1H3/t15-/m1/s1. The summed E-state index contributed by atoms with van der Waals surface area (Å²) in [5.41, 5.74) is -0.842. The van der Waals surface area contributed by atoms with Crippen LogP contribution in [-0.4, -0.2) is 58.7 Å². The number of carbonyl (C=O) groups excluding carboxylic acids is 2. The quantitative estimate of drug-likeness (QED) is 0.834. The van der Waals surface area contributed by atoms with Gasteiger partial charge in [-0.05, 0) is 25.5 Å². The van der Waals surface area contributed by atoms with E-state index in [0.29, 0.717) is 25.1 Å². The molecule has 0 aliphatic carbocycles. The molecule has 0 radical (unpaired) electrons. The lowest BCUT2D eigenvalue weighted by atomic mass is 9.76. The second-order valence-electron chi connectivity index (χ2n) is 6.34. The van der Waals surface area contributed by atoms with Crippen LogP contribution in [-0.2, 0) is 4.79 Å². The zero-order valence-electron chi connectivity index (χ0n) is 13.0. The molecule has 0 bridgehead atoms. The molecule has 0 N–H and O–H groups in total. The van der Waals surface area contributed by atoms with Crippen LogP contribution < -0.4 is 0 Å². The molecule has 23 heavy (non-hydrogen) atoms. The second-order valence-corrected chi connectivity index (χ2v) is 6.34. The van der Waals surface area contributed by atoms with Crippen molar-refractivity contribution in [1.29, 1.82) is 0 Å². The molecule has 124 valence electrons. The number of likely N-dealkylation sites (tertiary alicyclic amines) is 2. The molecule has 0 aromatic carbocycles. The summed E-state index contributed by atoms with van der Waals surface area (Å²) in [5.74, 6) is -3.79. The Morgan fingerprint density at radius 1 is 1.30 bits per heavy atom. The van der Waals surface area contributed by atoms with Crippen LogP contribution in [0.2, 0.25) is 0 Å². The summed E-state index contributed by atoms with van der Waals surface area (Å²) in [6, 6.07) is 2.99. The molecular weight excluding hydrogens is 304 g/mol. The first-order chi connectivity index (χ1) is 10.9. The smallest absolute Gasteiger partial charge is 0.266 e. The van der Waals surface area contributed by atoms with Crippen LogP contribution in [0.25, 0.3) is 0 Å². The van der Waals surface area contributed by atoms with Gasteiger partial charge in [0, 0.05) is 44.0 Å². The Morgan fingerprint density at radius 3 is 2.61 bits per heavy atom. The van der Waals surface area contributed by atoms with Gasteiger partial charge in [0.25, 0.3) is 11.8 Å². The molecule has 2 saturated heterocycles. The summed E-state index contributed by atoms with van der Waals surface area (Å²) in [6.45, 7) is 2.22. The molecule has 5 nitrogen and oxygen atoms in total. The fourth-order valence-electron chi connectivity index (χ4n) is 3.63. The highest BCUT2D eigenvalue weighted by atomic mass is 19.3. The van der Waals surface area contributed by atoms with Crippen LogP contribution in [0.15, 0.2) is 24.5 Å². The number of aromatic nitrogens is 1. The molecule has 0 saturated carbocycles. The summed E-state index contributed by atoms with van der Waals surface area (Å²) in [4.78, 5) is 31.6. The van der Waals surface area contributed by atoms with Gasteiger partial charge in [0.1, 0.15) is 0 Å². The highest BCUT2D eigenvalue weighted by Gasteiger charge is 2.57. The van der Waals surface area contributed by atoms with E-state index in [0.717, 1.165) is 4.90 Å². The lowest BCUT2D eigenvalue weighted by Gasteiger charge is -2.42. The zero-order valence-corrected chi connectivity index (χ0v) is 13.0. The maximum Gasteiger partial charge on any atom is 0.266 e. The van der Waals surface area contributed by atoms with Crippen molar-refractivity contribution < 1.29 is 18.4 Å². The predicted octanol–water partition coefficient (Wildman–Crippen LogP) is 1.80. The summed E-state index contributed by atoms with van der Waals surface area (Å²) in [7, 11) is 0. The highest BCUT2D eigenvalue weighted by molar-refractivity contribution is 5.95. The van der Waals surface area contributed by atoms with Crippen molar-refractivity contribution in [3.05, 3.63) is 30.1 Å². The second kappa shape index (κ2) is 5.54. The van der Waals surface area contributed by atoms with E-state index in [-0.39, 0.29) is 12.5 Å². The fourth-order valence-corrected chi connectivity index (χ4v) is 3.63. The van der Waals surface area contributed by atoms with Crippen molar-refractivity contribution in [1.82, 2.24) is 14.8 Å². The average molecular weight is 323 g/mol. The molecule has 1 aromatic rings. The van der Waals surface area contributed by atoms with Crippen LogP contribution in [0, 0.1) is 5.41 Å². The van der Waals surface area contributed by atoms with Gasteiger partial charge in [0.05, 0.1) is 12.0 Å². The fraction of sp³-hybridized carbons (Fsp3) is 0.562. The number of hydrogen-bond acceptors (Lipinski definition) is 3. The molecule has 0 unspecified atom stereocenters. The van der Waals surface area contributed by atoms with Gasteiger partial charge < -0.3 is 9.80 Å². The van der Waals surface area contributed by atoms with E-state index in [1.165, 1.54) is 24.5 Å². The van der Waals surface area contributed by atoms with Gasteiger partial charge in [-0.3, -0.25) is 14.6 Å². The summed E-state index contributed by atoms with van der Waals surface area (Å²) < 4.78 is 28.5. The van der Waals surface area contributed by atoms with Crippen LogP contribution in [0.5, 0.6) is 0 Å². The Bertz CT molecular complexity index is 623. The number of piperidine rings is 1. The van der Waals surface area contributed by atoms with Crippen molar-refractivity contribution >= 4 is 11.8 Å². The maximum atomic E-state index is 14.3. The van der Waals surface area contributed by atoms with E-state index in [1.54, 1.807) is 4.90 Å². The summed E-state index contributed by atoms with van der Waals surface area (Å²) in [5, 5.41) is 0. The Kier molecular flexibility index (Phi) is 3.82. The molecule has 2 aliphatic rings. The van der Waals surface area contributed by atoms with Crippen molar-refractivity contribution in [3.8, 4) is 0 Å². The maximum absolute atomic E-state index is 14.3. The number of alkyl halides is 2. The first kappa shape index (κ1) is 15.8. The predicted molar refractivity (Wildman–Crippen MR) is 79.0 cm³/mol. The van der Waals surface area contributed by atoms with Gasteiger partial charge in [-0.25, -0.2) is 8.78 Å². The molecule has 2 amide bonds. The normalized spacial score (nSPS) is 26.8. The number of amides is 2. The Morgan fingerprint density at radius 2 is 2.00 bits per heavy atom. The van der Waals surface area contributed by atoms with Crippen LogP contribution >= 0.6 is 0 Å². The molecule has 2 aliphatic heterocycles. The Hall–Kier alpha value is -2.05. The molecule has 3 rings (SSSR count). The van der Waals surface area contributed by atoms with Crippen molar-refractivity contribution in [2.75, 3.05) is 26.2 Å². The van der Waals surface area contributed by atoms with E-state index in [4.69, 9.17) is 0 Å². The minimum atomic E-state index is -3.06. The van der Waals surface area contributed by atoms with E-state index >= 15 is 0 Å². The number of halogens is 2. The van der Waals surface area contributed by atoms with Gasteiger partial charge in [0.2, 0.25) is 5.91 Å². The third-order valence-electron chi connectivity index (χ3n) is 4.71. The third-order valence-corrected chi connectivity index (χ3v) is 4.71.